The van der Waals surface area contributed by atoms with Gasteiger partial charge in [0, 0.05) is 25.4 Å². The molecular formula is C13H17N3O3S. The molecule has 1 aromatic carbocycles. The van der Waals surface area contributed by atoms with Crippen LogP contribution in [-0.4, -0.2) is 24.6 Å². The van der Waals surface area contributed by atoms with Gasteiger partial charge in [-0.3, -0.25) is 0 Å². The van der Waals surface area contributed by atoms with Crippen molar-refractivity contribution in [3.05, 3.63) is 42.4 Å². The molecule has 1 heterocycles. The third kappa shape index (κ3) is 3.37. The number of benzene rings is 1. The zero-order chi connectivity index (χ0) is 14.6. The van der Waals surface area contributed by atoms with Gasteiger partial charge in [-0.1, -0.05) is 18.2 Å². The zero-order valence-electron chi connectivity index (χ0n) is 11.4. The summed E-state index contributed by atoms with van der Waals surface area (Å²) in [7, 11) is -1.89. The van der Waals surface area contributed by atoms with Crippen molar-refractivity contribution in [2.45, 2.75) is 18.5 Å². The predicted octanol–water partition coefficient (Wildman–Crippen LogP) is 1.30. The second-order valence-electron chi connectivity index (χ2n) is 4.24. The van der Waals surface area contributed by atoms with Crippen molar-refractivity contribution in [2.24, 2.45) is 7.05 Å². The molecule has 0 bridgehead atoms. The molecule has 2 aromatic rings. The predicted molar refractivity (Wildman–Crippen MR) is 74.8 cm³/mol. The minimum atomic E-state index is -3.61. The van der Waals surface area contributed by atoms with E-state index in [1.54, 1.807) is 11.6 Å². The second-order valence-corrected chi connectivity index (χ2v) is 5.96. The maximum absolute atomic E-state index is 12.1. The number of hydrogen-bond donors (Lipinski definition) is 1. The van der Waals surface area contributed by atoms with Gasteiger partial charge in [0.05, 0.1) is 12.9 Å². The molecule has 6 nitrogen and oxygen atoms in total. The summed E-state index contributed by atoms with van der Waals surface area (Å²) in [6.45, 7) is 2.58. The lowest BCUT2D eigenvalue weighted by molar-refractivity contribution is 0.336. The lowest BCUT2D eigenvalue weighted by Gasteiger charge is -2.10. The largest absolute Gasteiger partial charge is 0.494 e. The number of sulfonamides is 1. The molecule has 0 aliphatic rings. The van der Waals surface area contributed by atoms with Crippen LogP contribution in [0.2, 0.25) is 0 Å². The molecule has 0 aliphatic carbocycles. The molecule has 0 aliphatic heterocycles. The van der Waals surface area contributed by atoms with Crippen LogP contribution in [0.3, 0.4) is 0 Å². The third-order valence-electron chi connectivity index (χ3n) is 2.68. The van der Waals surface area contributed by atoms with E-state index in [-0.39, 0.29) is 11.6 Å². The van der Waals surface area contributed by atoms with E-state index in [1.165, 1.54) is 12.5 Å². The minimum absolute atomic E-state index is 0.00823. The topological polar surface area (TPSA) is 73.2 Å². The number of nitrogens with one attached hydrogen (secondary N) is 1. The summed E-state index contributed by atoms with van der Waals surface area (Å²) < 4.78 is 33.7. The first-order chi connectivity index (χ1) is 9.53. The van der Waals surface area contributed by atoms with E-state index in [4.69, 9.17) is 4.74 Å². The van der Waals surface area contributed by atoms with Crippen LogP contribution in [0.5, 0.6) is 5.75 Å². The van der Waals surface area contributed by atoms with E-state index < -0.39 is 10.0 Å². The third-order valence-corrected chi connectivity index (χ3v) is 3.97. The lowest BCUT2D eigenvalue weighted by atomic mass is 10.2. The van der Waals surface area contributed by atoms with Gasteiger partial charge in [-0.05, 0) is 13.0 Å². The fraction of sp³-hybridized carbons (Fsp3) is 0.308. The highest BCUT2D eigenvalue weighted by Gasteiger charge is 2.17. The number of para-hydroxylation sites is 1. The summed E-state index contributed by atoms with van der Waals surface area (Å²) in [5, 5.41) is 0.00823. The molecule has 0 fully saturated rings. The monoisotopic (exact) mass is 295 g/mol. The number of aromatic nitrogens is 2. The summed E-state index contributed by atoms with van der Waals surface area (Å²) in [6.07, 6.45) is 2.90. The Labute approximate surface area is 118 Å². The Morgan fingerprint density at radius 3 is 2.75 bits per heavy atom. The van der Waals surface area contributed by atoms with Gasteiger partial charge < -0.3 is 9.30 Å². The molecule has 0 saturated carbocycles. The maximum atomic E-state index is 12.1. The quantitative estimate of drug-likeness (QED) is 0.871. The molecule has 108 valence electrons. The Balaban J connectivity index is 2.12. The van der Waals surface area contributed by atoms with E-state index in [0.29, 0.717) is 12.4 Å². The van der Waals surface area contributed by atoms with Gasteiger partial charge in [-0.2, -0.15) is 0 Å². The molecular weight excluding hydrogens is 278 g/mol. The Morgan fingerprint density at radius 1 is 1.35 bits per heavy atom. The number of ether oxygens (including phenoxy) is 1. The maximum Gasteiger partial charge on any atom is 0.259 e. The van der Waals surface area contributed by atoms with Crippen LogP contribution in [-0.2, 0) is 23.6 Å². The van der Waals surface area contributed by atoms with Crippen molar-refractivity contribution in [1.29, 1.82) is 0 Å². The molecule has 0 saturated heterocycles. The summed E-state index contributed by atoms with van der Waals surface area (Å²) >= 11 is 0. The zero-order valence-corrected chi connectivity index (χ0v) is 12.2. The fourth-order valence-corrected chi connectivity index (χ4v) is 2.70. The summed E-state index contributed by atoms with van der Waals surface area (Å²) in [5.41, 5.74) is 0.786. The molecule has 1 N–H and O–H groups in total. The molecule has 0 radical (unpaired) electrons. The molecule has 20 heavy (non-hydrogen) atoms. The number of aryl methyl sites for hydroxylation is 1. The van der Waals surface area contributed by atoms with Gasteiger partial charge in [-0.15, -0.1) is 0 Å². The van der Waals surface area contributed by atoms with Gasteiger partial charge in [0.15, 0.2) is 5.03 Å². The highest BCUT2D eigenvalue weighted by atomic mass is 32.2. The highest BCUT2D eigenvalue weighted by Crippen LogP contribution is 2.18. The van der Waals surface area contributed by atoms with Gasteiger partial charge in [0.25, 0.3) is 10.0 Å². The molecule has 0 atom stereocenters. The van der Waals surface area contributed by atoms with Crippen LogP contribution < -0.4 is 9.46 Å². The van der Waals surface area contributed by atoms with Crippen LogP contribution in [0.25, 0.3) is 0 Å². The van der Waals surface area contributed by atoms with Crippen molar-refractivity contribution in [3.63, 3.8) is 0 Å². The molecule has 0 unspecified atom stereocenters. The molecule has 0 amide bonds. The van der Waals surface area contributed by atoms with Crippen LogP contribution in [0, 0.1) is 0 Å². The minimum Gasteiger partial charge on any atom is -0.494 e. The normalized spacial score (nSPS) is 11.5. The molecule has 2 rings (SSSR count). The molecule has 7 heteroatoms. The van der Waals surface area contributed by atoms with Crippen LogP contribution in [0.4, 0.5) is 0 Å². The van der Waals surface area contributed by atoms with E-state index in [0.717, 1.165) is 5.56 Å². The first-order valence-electron chi connectivity index (χ1n) is 6.21. The number of nitrogens with zero attached hydrogens (tertiary/aromatic N) is 2. The van der Waals surface area contributed by atoms with E-state index in [9.17, 15) is 8.42 Å². The van der Waals surface area contributed by atoms with Crippen LogP contribution >= 0.6 is 0 Å². The van der Waals surface area contributed by atoms with Gasteiger partial charge >= 0.3 is 0 Å². The van der Waals surface area contributed by atoms with Gasteiger partial charge in [0.2, 0.25) is 0 Å². The highest BCUT2D eigenvalue weighted by molar-refractivity contribution is 7.89. The average molecular weight is 295 g/mol. The number of rotatable bonds is 6. The molecule has 1 aromatic heterocycles. The Hall–Kier alpha value is -1.86. The second kappa shape index (κ2) is 6.06. The van der Waals surface area contributed by atoms with Crippen molar-refractivity contribution in [3.8, 4) is 5.75 Å². The van der Waals surface area contributed by atoms with Gasteiger partial charge in [-0.25, -0.2) is 18.1 Å². The van der Waals surface area contributed by atoms with Crippen molar-refractivity contribution < 1.29 is 13.2 Å². The Bertz CT molecular complexity index is 680. The first kappa shape index (κ1) is 14.5. The van der Waals surface area contributed by atoms with Gasteiger partial charge in [0.1, 0.15) is 5.75 Å². The lowest BCUT2D eigenvalue weighted by Crippen LogP contribution is -2.23. The smallest absolute Gasteiger partial charge is 0.259 e. The number of imidazole rings is 1. The summed E-state index contributed by atoms with van der Waals surface area (Å²) in [4.78, 5) is 3.84. The summed E-state index contributed by atoms with van der Waals surface area (Å²) in [6, 6.07) is 7.33. The van der Waals surface area contributed by atoms with Crippen molar-refractivity contribution in [2.75, 3.05) is 6.61 Å². The van der Waals surface area contributed by atoms with Crippen LogP contribution in [0.15, 0.2) is 41.8 Å². The fourth-order valence-electron chi connectivity index (χ4n) is 1.72. The van der Waals surface area contributed by atoms with Crippen molar-refractivity contribution in [1.82, 2.24) is 14.3 Å². The van der Waals surface area contributed by atoms with E-state index in [2.05, 4.69) is 9.71 Å². The molecule has 0 spiro atoms. The first-order valence-corrected chi connectivity index (χ1v) is 7.69. The number of hydrogen-bond acceptors (Lipinski definition) is 4. The Kier molecular flexibility index (Phi) is 4.41. The Morgan fingerprint density at radius 2 is 2.10 bits per heavy atom. The van der Waals surface area contributed by atoms with Crippen LogP contribution in [0.1, 0.15) is 12.5 Å². The van der Waals surface area contributed by atoms with E-state index in [1.807, 2.05) is 31.2 Å². The standard InChI is InChI=1S/C13H17N3O3S/c1-3-19-12-7-5-4-6-11(12)8-15-20(17,18)13-9-16(2)10-14-13/h4-7,9-10,15H,3,8H2,1-2H3. The average Bonchev–Trinajstić information content (AvgIpc) is 2.86. The summed E-state index contributed by atoms with van der Waals surface area (Å²) in [5.74, 6) is 0.679. The van der Waals surface area contributed by atoms with E-state index >= 15 is 0 Å². The van der Waals surface area contributed by atoms with Crippen molar-refractivity contribution >= 4 is 10.0 Å². The SMILES string of the molecule is CCOc1ccccc1CNS(=O)(=O)c1cn(C)cn1.